The van der Waals surface area contributed by atoms with Gasteiger partial charge in [0.2, 0.25) is 0 Å². The van der Waals surface area contributed by atoms with Gasteiger partial charge in [-0.05, 0) is 31.9 Å². The maximum Gasteiger partial charge on any atom is 0.255 e. The number of carbonyl (C=O) groups is 1. The first-order valence-electron chi connectivity index (χ1n) is 5.40. The van der Waals surface area contributed by atoms with Crippen molar-refractivity contribution in [2.45, 2.75) is 25.8 Å². The van der Waals surface area contributed by atoms with Crippen LogP contribution in [0.3, 0.4) is 0 Å². The van der Waals surface area contributed by atoms with Crippen molar-refractivity contribution in [3.8, 4) is 5.75 Å². The molecule has 0 aliphatic rings. The van der Waals surface area contributed by atoms with E-state index in [1.807, 2.05) is 6.92 Å². The Balaban J connectivity index is 2.63. The maximum atomic E-state index is 12.7. The number of aromatic hydroxyl groups is 1. The summed E-state index contributed by atoms with van der Waals surface area (Å²) in [5.41, 5.74) is 0.0945. The van der Waals surface area contributed by atoms with Crippen molar-refractivity contribution >= 4 is 21.8 Å². The molecule has 3 nitrogen and oxygen atoms in total. The van der Waals surface area contributed by atoms with Crippen molar-refractivity contribution in [3.63, 3.8) is 0 Å². The van der Waals surface area contributed by atoms with Crippen LogP contribution in [0.1, 0.15) is 30.1 Å². The van der Waals surface area contributed by atoms with Crippen LogP contribution in [-0.4, -0.2) is 22.4 Å². The number of phenols is 1. The third kappa shape index (κ3) is 4.34. The molecule has 0 saturated carbocycles. The van der Waals surface area contributed by atoms with E-state index in [-0.39, 0.29) is 23.3 Å². The standard InChI is InChI=1S/C12H15BrFNO2/c1-8(3-2-6-13)15-12(17)10-5-4-9(14)7-11(10)16/h4-5,7-8,16H,2-3,6H2,1H3,(H,15,17). The van der Waals surface area contributed by atoms with Gasteiger partial charge in [0.25, 0.3) is 5.91 Å². The minimum Gasteiger partial charge on any atom is -0.507 e. The molecule has 0 saturated heterocycles. The van der Waals surface area contributed by atoms with E-state index in [0.717, 1.165) is 30.3 Å². The van der Waals surface area contributed by atoms with Crippen LogP contribution in [0, 0.1) is 5.82 Å². The lowest BCUT2D eigenvalue weighted by Gasteiger charge is -2.13. The summed E-state index contributed by atoms with van der Waals surface area (Å²) in [6.45, 7) is 1.89. The number of benzene rings is 1. The van der Waals surface area contributed by atoms with Crippen LogP contribution in [0.5, 0.6) is 5.75 Å². The smallest absolute Gasteiger partial charge is 0.255 e. The zero-order valence-corrected chi connectivity index (χ0v) is 11.1. The van der Waals surface area contributed by atoms with Crippen molar-refractivity contribution in [1.29, 1.82) is 0 Å². The molecule has 0 spiro atoms. The molecule has 1 rings (SSSR count). The number of phenolic OH excluding ortho intramolecular Hbond substituents is 1. The Morgan fingerprint density at radius 3 is 2.88 bits per heavy atom. The van der Waals surface area contributed by atoms with Gasteiger partial charge >= 0.3 is 0 Å². The fourth-order valence-corrected chi connectivity index (χ4v) is 1.78. The molecule has 1 unspecified atom stereocenters. The molecule has 1 atom stereocenters. The number of carbonyl (C=O) groups excluding carboxylic acids is 1. The molecule has 17 heavy (non-hydrogen) atoms. The average molecular weight is 304 g/mol. The second kappa shape index (κ2) is 6.59. The molecule has 0 bridgehead atoms. The normalized spacial score (nSPS) is 12.2. The Kier molecular flexibility index (Phi) is 5.41. The van der Waals surface area contributed by atoms with Crippen molar-refractivity contribution < 1.29 is 14.3 Å². The van der Waals surface area contributed by atoms with E-state index in [9.17, 15) is 14.3 Å². The molecule has 0 aliphatic heterocycles. The summed E-state index contributed by atoms with van der Waals surface area (Å²) < 4.78 is 12.7. The summed E-state index contributed by atoms with van der Waals surface area (Å²) in [6.07, 6.45) is 1.80. The highest BCUT2D eigenvalue weighted by Crippen LogP contribution is 2.18. The summed E-state index contributed by atoms with van der Waals surface area (Å²) >= 11 is 3.31. The molecule has 0 radical (unpaired) electrons. The Labute approximate surface area is 108 Å². The number of halogens is 2. The molecule has 1 aromatic rings. The number of hydrogen-bond donors (Lipinski definition) is 2. The van der Waals surface area contributed by atoms with E-state index in [1.54, 1.807) is 0 Å². The van der Waals surface area contributed by atoms with Crippen molar-refractivity contribution in [3.05, 3.63) is 29.6 Å². The molecular weight excluding hydrogens is 289 g/mol. The number of rotatable bonds is 5. The lowest BCUT2D eigenvalue weighted by Crippen LogP contribution is -2.32. The highest BCUT2D eigenvalue weighted by atomic mass is 79.9. The lowest BCUT2D eigenvalue weighted by molar-refractivity contribution is 0.0935. The van der Waals surface area contributed by atoms with Crippen LogP contribution in [-0.2, 0) is 0 Å². The largest absolute Gasteiger partial charge is 0.507 e. The first-order valence-corrected chi connectivity index (χ1v) is 6.52. The van der Waals surface area contributed by atoms with Crippen LogP contribution in [0.4, 0.5) is 4.39 Å². The second-order valence-corrected chi connectivity index (χ2v) is 4.66. The van der Waals surface area contributed by atoms with E-state index in [0.29, 0.717) is 0 Å². The molecule has 1 amide bonds. The minimum atomic E-state index is -0.564. The van der Waals surface area contributed by atoms with Gasteiger partial charge in [0.05, 0.1) is 5.56 Å². The van der Waals surface area contributed by atoms with Gasteiger partial charge in [0.15, 0.2) is 0 Å². The average Bonchev–Trinajstić information content (AvgIpc) is 2.26. The summed E-state index contributed by atoms with van der Waals surface area (Å²) in [4.78, 5) is 11.7. The van der Waals surface area contributed by atoms with Gasteiger partial charge in [0, 0.05) is 17.4 Å². The maximum absolute atomic E-state index is 12.7. The summed E-state index contributed by atoms with van der Waals surface area (Å²) in [7, 11) is 0. The number of alkyl halides is 1. The van der Waals surface area contributed by atoms with E-state index in [1.165, 1.54) is 6.07 Å². The zero-order valence-electron chi connectivity index (χ0n) is 9.54. The van der Waals surface area contributed by atoms with Crippen LogP contribution in [0.2, 0.25) is 0 Å². The van der Waals surface area contributed by atoms with Gasteiger partial charge in [0.1, 0.15) is 11.6 Å². The van der Waals surface area contributed by atoms with Crippen molar-refractivity contribution in [2.75, 3.05) is 5.33 Å². The number of nitrogens with one attached hydrogen (secondary N) is 1. The summed E-state index contributed by atoms with van der Waals surface area (Å²) in [5, 5.41) is 13.1. The van der Waals surface area contributed by atoms with Crippen molar-refractivity contribution in [2.24, 2.45) is 0 Å². The van der Waals surface area contributed by atoms with E-state index in [2.05, 4.69) is 21.2 Å². The predicted octanol–water partition coefficient (Wildman–Crippen LogP) is 2.82. The molecule has 0 heterocycles. The number of hydrogen-bond acceptors (Lipinski definition) is 2. The van der Waals surface area contributed by atoms with E-state index >= 15 is 0 Å². The zero-order chi connectivity index (χ0) is 12.8. The van der Waals surface area contributed by atoms with Gasteiger partial charge in [-0.3, -0.25) is 4.79 Å². The van der Waals surface area contributed by atoms with Gasteiger partial charge in [-0.15, -0.1) is 0 Å². The molecule has 5 heteroatoms. The van der Waals surface area contributed by atoms with Gasteiger partial charge in [-0.25, -0.2) is 4.39 Å². The Hall–Kier alpha value is -1.10. The SMILES string of the molecule is CC(CCCBr)NC(=O)c1ccc(F)cc1O. The molecule has 0 aromatic heterocycles. The highest BCUT2D eigenvalue weighted by molar-refractivity contribution is 9.09. The first kappa shape index (κ1) is 14.0. The Morgan fingerprint density at radius 2 is 2.29 bits per heavy atom. The first-order chi connectivity index (χ1) is 8.04. The van der Waals surface area contributed by atoms with Crippen LogP contribution < -0.4 is 5.32 Å². The fraction of sp³-hybridized carbons (Fsp3) is 0.417. The monoisotopic (exact) mass is 303 g/mol. The third-order valence-corrected chi connectivity index (χ3v) is 2.91. The molecule has 2 N–H and O–H groups in total. The second-order valence-electron chi connectivity index (χ2n) is 3.87. The minimum absolute atomic E-state index is 0.0181. The highest BCUT2D eigenvalue weighted by Gasteiger charge is 2.13. The van der Waals surface area contributed by atoms with E-state index in [4.69, 9.17) is 0 Å². The van der Waals surface area contributed by atoms with Crippen molar-refractivity contribution in [1.82, 2.24) is 5.32 Å². The summed E-state index contributed by atoms with van der Waals surface area (Å²) in [6, 6.07) is 3.37. The van der Waals surface area contributed by atoms with Crippen LogP contribution in [0.15, 0.2) is 18.2 Å². The van der Waals surface area contributed by atoms with Gasteiger partial charge < -0.3 is 10.4 Å². The van der Waals surface area contributed by atoms with Gasteiger partial charge in [-0.1, -0.05) is 15.9 Å². The fourth-order valence-electron chi connectivity index (χ4n) is 1.45. The molecule has 94 valence electrons. The molecular formula is C12H15BrFNO2. The third-order valence-electron chi connectivity index (χ3n) is 2.35. The summed E-state index contributed by atoms with van der Waals surface area (Å²) in [5.74, 6) is -1.29. The van der Waals surface area contributed by atoms with Crippen LogP contribution >= 0.6 is 15.9 Å². The Morgan fingerprint density at radius 1 is 1.59 bits per heavy atom. The molecule has 0 aliphatic carbocycles. The molecule has 1 aromatic carbocycles. The Bertz CT molecular complexity index is 398. The van der Waals surface area contributed by atoms with Gasteiger partial charge in [-0.2, -0.15) is 0 Å². The lowest BCUT2D eigenvalue weighted by atomic mass is 10.1. The topological polar surface area (TPSA) is 49.3 Å². The number of amides is 1. The van der Waals surface area contributed by atoms with E-state index < -0.39 is 5.82 Å². The quantitative estimate of drug-likeness (QED) is 0.822. The predicted molar refractivity (Wildman–Crippen MR) is 68.0 cm³/mol. The van der Waals surface area contributed by atoms with Crippen LogP contribution in [0.25, 0.3) is 0 Å². The molecule has 0 fully saturated rings.